The number of cyclic esters (lactones) is 1. The number of aromatic hydroxyl groups is 2. The Hall–Kier alpha value is 0.660. The number of alkyl halides is 9. The number of carbonyl (C=O) groups is 1. The number of hydrogen-bond donors (Lipinski definition) is 2. The zero-order chi connectivity index (χ0) is 21.4. The molecule has 2 aliphatic rings. The van der Waals surface area contributed by atoms with Gasteiger partial charge in [-0.25, -0.2) is 4.79 Å². The van der Waals surface area contributed by atoms with Crippen LogP contribution in [0, 0.1) is 0 Å². The second-order valence-corrected chi connectivity index (χ2v) is 12.7. The summed E-state index contributed by atoms with van der Waals surface area (Å²) >= 11 is 52.7. The predicted molar refractivity (Wildman–Crippen MR) is 107 cm³/mol. The van der Waals surface area contributed by atoms with Crippen LogP contribution in [0.15, 0.2) is 0 Å². The van der Waals surface area contributed by atoms with E-state index in [2.05, 4.69) is 0 Å². The summed E-state index contributed by atoms with van der Waals surface area (Å²) in [5, 5.41) is 20.9. The number of phenolic OH excluding ortho intramolecular Hbond substituents is 2. The molecule has 156 valence electrons. The van der Waals surface area contributed by atoms with Crippen LogP contribution in [0.3, 0.4) is 0 Å². The van der Waals surface area contributed by atoms with Gasteiger partial charge in [0.2, 0.25) is 19.6 Å². The van der Waals surface area contributed by atoms with E-state index in [1.807, 2.05) is 0 Å². The van der Waals surface area contributed by atoms with Crippen molar-refractivity contribution in [2.24, 2.45) is 0 Å². The molecule has 1 aromatic rings. The molecule has 28 heavy (non-hydrogen) atoms. The first kappa shape index (κ1) is 23.3. The molecule has 0 radical (unpaired) electrons. The van der Waals surface area contributed by atoms with Crippen molar-refractivity contribution < 1.29 is 29.2 Å². The number of rotatable bonds is 0. The summed E-state index contributed by atoms with van der Waals surface area (Å²) in [5.41, 5.74) is -1.04. The number of ether oxygens (including phenoxy) is 3. The number of halogens is 9. The molecule has 3 rings (SSSR count). The Labute approximate surface area is 202 Å². The van der Waals surface area contributed by atoms with Crippen molar-refractivity contribution in [1.82, 2.24) is 0 Å². The largest absolute Gasteiger partial charge is 0.504 e. The van der Waals surface area contributed by atoms with Gasteiger partial charge in [-0.1, -0.05) is 104 Å². The third-order valence-corrected chi connectivity index (χ3v) is 5.50. The van der Waals surface area contributed by atoms with Crippen molar-refractivity contribution in [3.63, 3.8) is 0 Å². The highest BCUT2D eigenvalue weighted by Crippen LogP contribution is 2.61. The fourth-order valence-corrected chi connectivity index (χ4v) is 3.98. The smallest absolute Gasteiger partial charge is 0.339 e. The Morgan fingerprint density at radius 3 is 1.71 bits per heavy atom. The second kappa shape index (κ2) is 7.37. The lowest BCUT2D eigenvalue weighted by molar-refractivity contribution is -0.137. The molecule has 3 atom stereocenters. The maximum atomic E-state index is 12.5. The molecule has 2 heterocycles. The van der Waals surface area contributed by atoms with Crippen LogP contribution in [0.25, 0.3) is 0 Å². The highest BCUT2D eigenvalue weighted by Gasteiger charge is 2.56. The molecule has 0 fully saturated rings. The molecule has 0 aliphatic carbocycles. The summed E-state index contributed by atoms with van der Waals surface area (Å²) in [6, 6.07) is 0. The minimum Gasteiger partial charge on any atom is -0.504 e. The van der Waals surface area contributed by atoms with E-state index in [0.717, 1.165) is 0 Å². The van der Waals surface area contributed by atoms with E-state index in [-0.39, 0.29) is 16.7 Å². The first-order chi connectivity index (χ1) is 12.5. The quantitative estimate of drug-likeness (QED) is 0.218. The van der Waals surface area contributed by atoms with Crippen LogP contribution in [0.2, 0.25) is 0 Å². The molecule has 0 spiro atoms. The summed E-state index contributed by atoms with van der Waals surface area (Å²) in [4.78, 5) is 12.5. The summed E-state index contributed by atoms with van der Waals surface area (Å²) < 4.78 is 9.11. The van der Waals surface area contributed by atoms with Gasteiger partial charge >= 0.3 is 5.97 Å². The van der Waals surface area contributed by atoms with Gasteiger partial charge in [-0.2, -0.15) is 0 Å². The molecule has 0 saturated heterocycles. The van der Waals surface area contributed by atoms with Crippen LogP contribution in [-0.2, 0) is 9.47 Å². The van der Waals surface area contributed by atoms with E-state index >= 15 is 0 Å². The molecule has 0 bridgehead atoms. The van der Waals surface area contributed by atoms with E-state index in [4.69, 9.17) is 119 Å². The van der Waals surface area contributed by atoms with Crippen LogP contribution in [-0.4, -0.2) is 33.8 Å². The molecule has 0 amide bonds. The number of hydrogen-bond acceptors (Lipinski definition) is 6. The van der Waals surface area contributed by atoms with Crippen LogP contribution in [0.4, 0.5) is 0 Å². The topological polar surface area (TPSA) is 85.2 Å². The van der Waals surface area contributed by atoms with Gasteiger partial charge in [0.15, 0.2) is 17.6 Å². The van der Waals surface area contributed by atoms with Crippen LogP contribution < -0.4 is 4.74 Å². The molecule has 15 heteroatoms. The molecular formula is C13H5Cl9O6. The molecule has 2 N–H and O–H groups in total. The first-order valence-corrected chi connectivity index (χ1v) is 10.3. The Kier molecular flexibility index (Phi) is 6.14. The molecule has 0 aromatic heterocycles. The summed E-state index contributed by atoms with van der Waals surface area (Å²) in [6.07, 6.45) is -4.88. The van der Waals surface area contributed by atoms with Gasteiger partial charge in [-0.3, -0.25) is 0 Å². The zero-order valence-corrected chi connectivity index (χ0v) is 19.5. The molecule has 2 aliphatic heterocycles. The van der Waals surface area contributed by atoms with Gasteiger partial charge in [0, 0.05) is 5.56 Å². The molecule has 3 unspecified atom stereocenters. The average molecular weight is 576 g/mol. The SMILES string of the molecule is O=C1OC(C(Cl)(Cl)Cl)c2c(O)c(O)c3c(c21)C(C(Cl)(Cl)Cl)OC(C(Cl)(Cl)Cl)O3. The number of fused-ring (bicyclic) bond motifs is 3. The lowest BCUT2D eigenvalue weighted by atomic mass is 9.93. The van der Waals surface area contributed by atoms with Crippen molar-refractivity contribution in [2.45, 2.75) is 29.9 Å². The van der Waals surface area contributed by atoms with E-state index in [0.29, 0.717) is 0 Å². The molecule has 6 nitrogen and oxygen atoms in total. The number of carbonyl (C=O) groups excluding carboxylic acids is 1. The van der Waals surface area contributed by atoms with Gasteiger partial charge in [-0.15, -0.1) is 0 Å². The standard InChI is InChI=1S/C13H5Cl9O6/c14-11(15,16)7-2-1(9(25)27-7)3-6(5(24)4(2)23)26-10(13(20,21)22)28-8(3)12(17,18)19/h7-8,10,23-24H. The van der Waals surface area contributed by atoms with Crippen LogP contribution in [0.5, 0.6) is 17.2 Å². The van der Waals surface area contributed by atoms with Crippen molar-refractivity contribution in [3.8, 4) is 17.2 Å². The van der Waals surface area contributed by atoms with E-state index in [1.165, 1.54) is 0 Å². The van der Waals surface area contributed by atoms with E-state index in [1.54, 1.807) is 0 Å². The maximum absolute atomic E-state index is 12.5. The second-order valence-electron chi connectivity index (χ2n) is 5.60. The van der Waals surface area contributed by atoms with Gasteiger partial charge in [0.25, 0.3) is 3.79 Å². The third kappa shape index (κ3) is 3.95. The Morgan fingerprint density at radius 1 is 0.714 bits per heavy atom. The zero-order valence-electron chi connectivity index (χ0n) is 12.7. The van der Waals surface area contributed by atoms with Crippen molar-refractivity contribution in [3.05, 3.63) is 16.7 Å². The Morgan fingerprint density at radius 2 is 1.25 bits per heavy atom. The van der Waals surface area contributed by atoms with Gasteiger partial charge in [0.05, 0.1) is 11.1 Å². The molecule has 0 saturated carbocycles. The van der Waals surface area contributed by atoms with Crippen LogP contribution in [0.1, 0.15) is 33.7 Å². The maximum Gasteiger partial charge on any atom is 0.339 e. The van der Waals surface area contributed by atoms with Crippen molar-refractivity contribution >= 4 is 110 Å². The van der Waals surface area contributed by atoms with Crippen molar-refractivity contribution in [1.29, 1.82) is 0 Å². The number of phenols is 2. The lowest BCUT2D eigenvalue weighted by Crippen LogP contribution is -2.42. The first-order valence-electron chi connectivity index (χ1n) is 6.90. The minimum absolute atomic E-state index is 0.294. The normalized spacial score (nSPS) is 25.0. The highest BCUT2D eigenvalue weighted by molar-refractivity contribution is 6.69. The van der Waals surface area contributed by atoms with Gasteiger partial charge in [-0.05, 0) is 0 Å². The summed E-state index contributed by atoms with van der Waals surface area (Å²) in [7, 11) is 0. The monoisotopic (exact) mass is 572 g/mol. The fraction of sp³-hybridized carbons (Fsp3) is 0.462. The molecule has 1 aromatic carbocycles. The van der Waals surface area contributed by atoms with E-state index in [9.17, 15) is 15.0 Å². The summed E-state index contributed by atoms with van der Waals surface area (Å²) in [5.74, 6) is -3.36. The number of esters is 1. The van der Waals surface area contributed by atoms with Crippen molar-refractivity contribution in [2.75, 3.05) is 0 Å². The van der Waals surface area contributed by atoms with Crippen LogP contribution >= 0.6 is 104 Å². The average Bonchev–Trinajstić information content (AvgIpc) is 2.87. The Balaban J connectivity index is 2.34. The Bertz CT molecular complexity index is 841. The highest BCUT2D eigenvalue weighted by atomic mass is 35.6. The number of benzene rings is 1. The van der Waals surface area contributed by atoms with Gasteiger partial charge < -0.3 is 24.4 Å². The van der Waals surface area contributed by atoms with E-state index < -0.39 is 53.1 Å². The third-order valence-electron chi connectivity index (χ3n) is 3.78. The fourth-order valence-electron chi connectivity index (χ4n) is 2.75. The minimum atomic E-state index is -2.25. The predicted octanol–water partition coefficient (Wildman–Crippen LogP) is 6.20. The van der Waals surface area contributed by atoms with Gasteiger partial charge in [0.1, 0.15) is 6.10 Å². The molecular weight excluding hydrogens is 571 g/mol. The summed E-state index contributed by atoms with van der Waals surface area (Å²) in [6.45, 7) is 0. The lowest BCUT2D eigenvalue weighted by Gasteiger charge is -2.39.